The highest BCUT2D eigenvalue weighted by Crippen LogP contribution is 2.44. The van der Waals surface area contributed by atoms with Crippen molar-refractivity contribution in [3.05, 3.63) is 101 Å². The number of esters is 1. The lowest BCUT2D eigenvalue weighted by molar-refractivity contribution is -0.165. The van der Waals surface area contributed by atoms with Gasteiger partial charge in [-0.2, -0.15) is 0 Å². The van der Waals surface area contributed by atoms with Gasteiger partial charge in [-0.3, -0.25) is 9.59 Å². The quantitative estimate of drug-likeness (QED) is 0.334. The summed E-state index contributed by atoms with van der Waals surface area (Å²) in [5.41, 5.74) is 1.48. The zero-order valence-electron chi connectivity index (χ0n) is 17.4. The molecule has 0 amide bonds. The zero-order valence-corrected chi connectivity index (χ0v) is 19.0. The van der Waals surface area contributed by atoms with Crippen molar-refractivity contribution in [2.75, 3.05) is 0 Å². The van der Waals surface area contributed by atoms with Crippen molar-refractivity contribution >= 4 is 35.1 Å². The number of cyclic esters (lactones) is 1. The van der Waals surface area contributed by atoms with Crippen molar-refractivity contribution < 1.29 is 14.3 Å². The molecule has 1 aliphatic rings. The predicted molar refractivity (Wildman–Crippen MR) is 125 cm³/mol. The Hall–Kier alpha value is -2.56. The maximum absolute atomic E-state index is 13.4. The topological polar surface area (TPSA) is 43.4 Å². The number of thioether (sulfide) groups is 1. The minimum absolute atomic E-state index is 0.0923. The maximum Gasteiger partial charge on any atom is 0.328 e. The van der Waals surface area contributed by atoms with Crippen LogP contribution in [0.3, 0.4) is 0 Å². The number of ether oxygens (including phenoxy) is 1. The van der Waals surface area contributed by atoms with Gasteiger partial charge >= 0.3 is 5.97 Å². The van der Waals surface area contributed by atoms with Gasteiger partial charge in [-0.15, -0.1) is 11.8 Å². The van der Waals surface area contributed by atoms with Crippen molar-refractivity contribution in [3.8, 4) is 0 Å². The van der Waals surface area contributed by atoms with Gasteiger partial charge in [0.15, 0.2) is 16.6 Å². The van der Waals surface area contributed by atoms with Crippen LogP contribution in [0.4, 0.5) is 0 Å². The van der Waals surface area contributed by atoms with Gasteiger partial charge < -0.3 is 4.74 Å². The fraction of sp³-hybridized carbons (Fsp3) is 0.231. The Labute approximate surface area is 191 Å². The van der Waals surface area contributed by atoms with E-state index in [0.29, 0.717) is 5.02 Å². The van der Waals surface area contributed by atoms with Crippen LogP contribution in [-0.2, 0) is 19.9 Å². The van der Waals surface area contributed by atoms with E-state index < -0.39 is 16.8 Å². The fourth-order valence-corrected chi connectivity index (χ4v) is 5.32. The molecule has 0 bridgehead atoms. The van der Waals surface area contributed by atoms with Gasteiger partial charge in [-0.05, 0) is 29.7 Å². The molecule has 1 unspecified atom stereocenters. The molecule has 3 aromatic rings. The molecule has 3 nitrogen and oxygen atoms in total. The average Bonchev–Trinajstić information content (AvgIpc) is 2.78. The molecular formula is C26H23ClO3S. The van der Waals surface area contributed by atoms with Crippen LogP contribution in [0.25, 0.3) is 0 Å². The lowest BCUT2D eigenvalue weighted by Crippen LogP contribution is -2.48. The molecule has 31 heavy (non-hydrogen) atoms. The van der Waals surface area contributed by atoms with Crippen LogP contribution in [0.5, 0.6) is 0 Å². The van der Waals surface area contributed by atoms with E-state index in [1.807, 2.05) is 72.8 Å². The molecular weight excluding hydrogens is 428 g/mol. The fourth-order valence-electron chi connectivity index (χ4n) is 3.95. The maximum atomic E-state index is 13.4. The summed E-state index contributed by atoms with van der Waals surface area (Å²) in [6, 6.07) is 24.5. The Morgan fingerprint density at radius 1 is 0.935 bits per heavy atom. The molecule has 0 N–H and O–H groups in total. The van der Waals surface area contributed by atoms with Crippen LogP contribution in [-0.4, -0.2) is 17.0 Å². The number of carbonyl (C=O) groups is 2. The highest BCUT2D eigenvalue weighted by atomic mass is 35.5. The number of Topliss-reactive ketones (excluding diaryl/α,β-unsaturated/α-hetero) is 1. The number of rotatable bonds is 5. The van der Waals surface area contributed by atoms with Crippen LogP contribution in [0.1, 0.15) is 42.9 Å². The molecule has 1 saturated heterocycles. The van der Waals surface area contributed by atoms with Gasteiger partial charge in [0, 0.05) is 21.0 Å². The zero-order chi connectivity index (χ0) is 22.0. The molecule has 1 aliphatic heterocycles. The molecule has 0 aliphatic carbocycles. The summed E-state index contributed by atoms with van der Waals surface area (Å²) < 4.78 is 6.12. The highest BCUT2D eigenvalue weighted by molar-refractivity contribution is 8.01. The van der Waals surface area contributed by atoms with Crippen molar-refractivity contribution in [1.29, 1.82) is 0 Å². The van der Waals surface area contributed by atoms with Gasteiger partial charge in [0.25, 0.3) is 0 Å². The highest BCUT2D eigenvalue weighted by Gasteiger charge is 2.49. The van der Waals surface area contributed by atoms with Gasteiger partial charge in [0.2, 0.25) is 0 Å². The normalized spacial score (nSPS) is 18.1. The second-order valence-corrected chi connectivity index (χ2v) is 9.54. The lowest BCUT2D eigenvalue weighted by Gasteiger charge is -2.39. The summed E-state index contributed by atoms with van der Waals surface area (Å²) in [4.78, 5) is 27.5. The van der Waals surface area contributed by atoms with E-state index in [9.17, 15) is 9.59 Å². The minimum Gasteiger partial charge on any atom is -0.448 e. The third-order valence-electron chi connectivity index (χ3n) is 5.52. The van der Waals surface area contributed by atoms with E-state index in [1.165, 1.54) is 11.8 Å². The summed E-state index contributed by atoms with van der Waals surface area (Å²) in [5, 5.41) is -0.267. The van der Waals surface area contributed by atoms with E-state index in [0.717, 1.165) is 21.6 Å². The van der Waals surface area contributed by atoms with E-state index in [2.05, 4.69) is 13.8 Å². The van der Waals surface area contributed by atoms with E-state index >= 15 is 0 Å². The standard InChI is InChI=1S/C26H23ClO3S/c1-17(2)21-15-20(27)13-14-23(21)31-24-22(28)16-26(30-25(24)29,18-9-5-3-6-10-18)19-11-7-4-8-12-19/h3-15,17,24H,16H2,1-2H3. The molecule has 158 valence electrons. The molecule has 0 aromatic heterocycles. The number of ketones is 1. The molecule has 0 saturated carbocycles. The second-order valence-electron chi connectivity index (χ2n) is 7.96. The van der Waals surface area contributed by atoms with Gasteiger partial charge in [0.05, 0.1) is 6.42 Å². The first-order chi connectivity index (χ1) is 14.9. The smallest absolute Gasteiger partial charge is 0.328 e. The number of hydrogen-bond donors (Lipinski definition) is 0. The van der Waals surface area contributed by atoms with Crippen LogP contribution in [0, 0.1) is 0 Å². The molecule has 3 aromatic carbocycles. The van der Waals surface area contributed by atoms with Crippen molar-refractivity contribution in [2.45, 2.75) is 41.9 Å². The number of halogens is 1. The Kier molecular flexibility index (Phi) is 6.22. The summed E-state index contributed by atoms with van der Waals surface area (Å²) >= 11 is 7.42. The van der Waals surface area contributed by atoms with Gasteiger partial charge in [0.1, 0.15) is 0 Å². The lowest BCUT2D eigenvalue weighted by atomic mass is 9.80. The third kappa shape index (κ3) is 4.28. The van der Waals surface area contributed by atoms with Crippen LogP contribution < -0.4 is 0 Å². The monoisotopic (exact) mass is 450 g/mol. The van der Waals surface area contributed by atoms with Gasteiger partial charge in [-0.25, -0.2) is 0 Å². The second kappa shape index (κ2) is 8.89. The number of carbonyl (C=O) groups excluding carboxylic acids is 2. The molecule has 5 heteroatoms. The molecule has 1 atom stereocenters. The van der Waals surface area contributed by atoms with Crippen molar-refractivity contribution in [3.63, 3.8) is 0 Å². The van der Waals surface area contributed by atoms with Crippen LogP contribution in [0.15, 0.2) is 83.8 Å². The SMILES string of the molecule is CC(C)c1cc(Cl)ccc1SC1C(=O)CC(c2ccccc2)(c2ccccc2)OC1=O. The molecule has 0 spiro atoms. The predicted octanol–water partition coefficient (Wildman–Crippen LogP) is 6.38. The van der Waals surface area contributed by atoms with E-state index in [4.69, 9.17) is 16.3 Å². The summed E-state index contributed by atoms with van der Waals surface area (Å²) in [7, 11) is 0. The molecule has 1 heterocycles. The minimum atomic E-state index is -1.12. The van der Waals surface area contributed by atoms with Crippen LogP contribution in [0.2, 0.25) is 5.02 Å². The first-order valence-corrected chi connectivity index (χ1v) is 11.5. The molecule has 1 fully saturated rings. The summed E-state index contributed by atoms with van der Waals surface area (Å²) in [6.45, 7) is 4.12. The van der Waals surface area contributed by atoms with Gasteiger partial charge in [-0.1, -0.05) is 86.1 Å². The Balaban J connectivity index is 1.70. The van der Waals surface area contributed by atoms with E-state index in [-0.39, 0.29) is 18.1 Å². The number of benzene rings is 3. The summed E-state index contributed by atoms with van der Waals surface area (Å²) in [5.74, 6) is -0.444. The molecule has 0 radical (unpaired) electrons. The first kappa shape index (κ1) is 21.7. The average molecular weight is 451 g/mol. The van der Waals surface area contributed by atoms with Crippen LogP contribution >= 0.6 is 23.4 Å². The van der Waals surface area contributed by atoms with E-state index in [1.54, 1.807) is 6.07 Å². The van der Waals surface area contributed by atoms with Crippen molar-refractivity contribution in [2.24, 2.45) is 0 Å². The Morgan fingerprint density at radius 2 is 1.52 bits per heavy atom. The summed E-state index contributed by atoms with van der Waals surface area (Å²) in [6.07, 6.45) is 0.0923. The Bertz CT molecular complexity index is 1040. The Morgan fingerprint density at radius 3 is 2.03 bits per heavy atom. The molecule has 4 rings (SSSR count). The largest absolute Gasteiger partial charge is 0.448 e. The first-order valence-electron chi connectivity index (χ1n) is 10.2. The van der Waals surface area contributed by atoms with Crippen molar-refractivity contribution in [1.82, 2.24) is 0 Å². The number of hydrogen-bond acceptors (Lipinski definition) is 4. The third-order valence-corrected chi connectivity index (χ3v) is 7.08.